The average molecular weight is 216 g/mol. The van der Waals surface area contributed by atoms with Crippen molar-refractivity contribution in [1.82, 2.24) is 4.90 Å². The van der Waals surface area contributed by atoms with E-state index in [1.807, 2.05) is 0 Å². The fourth-order valence-corrected chi connectivity index (χ4v) is 1.76. The minimum absolute atomic E-state index is 0.0862. The lowest BCUT2D eigenvalue weighted by Gasteiger charge is -2.26. The second-order valence-electron chi connectivity index (χ2n) is 3.55. The second-order valence-corrected chi connectivity index (χ2v) is 4.07. The van der Waals surface area contributed by atoms with Gasteiger partial charge in [0.05, 0.1) is 11.5 Å². The van der Waals surface area contributed by atoms with Gasteiger partial charge in [0.2, 0.25) is 5.91 Å². The fraction of sp³-hybridized carbons (Fsp3) is 0.778. The molecule has 0 aromatic rings. The first-order chi connectivity index (χ1) is 6.61. The highest BCUT2D eigenvalue weighted by Gasteiger charge is 2.24. The van der Waals surface area contributed by atoms with E-state index >= 15 is 0 Å². The number of hydrogen-bond donors (Lipinski definition) is 1. The van der Waals surface area contributed by atoms with Crippen molar-refractivity contribution in [1.29, 1.82) is 0 Å². The number of nitrogens with two attached hydrogens (primary N) is 1. The van der Waals surface area contributed by atoms with Gasteiger partial charge in [0.15, 0.2) is 0 Å². The van der Waals surface area contributed by atoms with Gasteiger partial charge < -0.3 is 15.4 Å². The molecule has 80 valence electrons. The first kappa shape index (κ1) is 11.4. The van der Waals surface area contributed by atoms with Gasteiger partial charge in [-0.05, 0) is 12.8 Å². The van der Waals surface area contributed by atoms with Crippen LogP contribution in [0, 0.1) is 5.92 Å². The molecule has 14 heavy (non-hydrogen) atoms. The standard InChI is InChI=1S/C9H16N2O2S/c1-11(6-8(10)14)9(12)7-2-4-13-5-3-7/h7H,2-6H2,1H3,(H2,10,14). The lowest BCUT2D eigenvalue weighted by Crippen LogP contribution is -2.40. The van der Waals surface area contributed by atoms with Gasteiger partial charge in [0.1, 0.15) is 0 Å². The zero-order chi connectivity index (χ0) is 10.6. The molecule has 0 saturated carbocycles. The maximum atomic E-state index is 11.8. The average Bonchev–Trinajstić information content (AvgIpc) is 2.17. The molecule has 0 aliphatic carbocycles. The van der Waals surface area contributed by atoms with Crippen LogP contribution in [0.4, 0.5) is 0 Å². The Kier molecular flexibility index (Phi) is 4.28. The molecule has 0 unspecified atom stereocenters. The second kappa shape index (κ2) is 5.26. The van der Waals surface area contributed by atoms with Crippen LogP contribution >= 0.6 is 12.2 Å². The summed E-state index contributed by atoms with van der Waals surface area (Å²) in [5, 5.41) is 0. The molecule has 0 aromatic carbocycles. The third-order valence-corrected chi connectivity index (χ3v) is 2.47. The van der Waals surface area contributed by atoms with Crippen molar-refractivity contribution in [2.45, 2.75) is 12.8 Å². The predicted octanol–water partition coefficient (Wildman–Crippen LogP) is 0.158. The molecule has 1 heterocycles. The minimum Gasteiger partial charge on any atom is -0.392 e. The highest BCUT2D eigenvalue weighted by Crippen LogP contribution is 2.16. The van der Waals surface area contributed by atoms with Crippen LogP contribution in [-0.4, -0.2) is 42.6 Å². The maximum absolute atomic E-state index is 11.8. The van der Waals surface area contributed by atoms with E-state index in [4.69, 9.17) is 22.7 Å². The summed E-state index contributed by atoms with van der Waals surface area (Å²) >= 11 is 4.75. The Morgan fingerprint density at radius 3 is 2.64 bits per heavy atom. The van der Waals surface area contributed by atoms with Gasteiger partial charge in [-0.2, -0.15) is 0 Å². The van der Waals surface area contributed by atoms with E-state index in [0.717, 1.165) is 12.8 Å². The number of hydrogen-bond acceptors (Lipinski definition) is 3. The largest absolute Gasteiger partial charge is 0.392 e. The Hall–Kier alpha value is -0.680. The molecule has 0 bridgehead atoms. The summed E-state index contributed by atoms with van der Waals surface area (Å²) in [6.45, 7) is 1.72. The van der Waals surface area contributed by atoms with Gasteiger partial charge in [-0.1, -0.05) is 12.2 Å². The van der Waals surface area contributed by atoms with Gasteiger partial charge in [0.25, 0.3) is 0 Å². The van der Waals surface area contributed by atoms with E-state index in [1.54, 1.807) is 11.9 Å². The monoisotopic (exact) mass is 216 g/mol. The van der Waals surface area contributed by atoms with Crippen molar-refractivity contribution in [2.24, 2.45) is 11.7 Å². The van der Waals surface area contributed by atoms with Crippen molar-refractivity contribution in [3.63, 3.8) is 0 Å². The molecule has 0 spiro atoms. The van der Waals surface area contributed by atoms with E-state index in [0.29, 0.717) is 24.7 Å². The molecule has 2 N–H and O–H groups in total. The van der Waals surface area contributed by atoms with Gasteiger partial charge in [0, 0.05) is 26.2 Å². The number of thiocarbonyl (C=S) groups is 1. The first-order valence-electron chi connectivity index (χ1n) is 4.72. The van der Waals surface area contributed by atoms with Gasteiger partial charge in [-0.15, -0.1) is 0 Å². The summed E-state index contributed by atoms with van der Waals surface area (Å²) in [5.41, 5.74) is 5.37. The summed E-state index contributed by atoms with van der Waals surface area (Å²) in [7, 11) is 1.73. The van der Waals surface area contributed by atoms with Crippen molar-refractivity contribution < 1.29 is 9.53 Å². The number of likely N-dealkylation sites (N-methyl/N-ethyl adjacent to an activating group) is 1. The number of carbonyl (C=O) groups excluding carboxylic acids is 1. The Labute approximate surface area is 89.4 Å². The molecule has 0 atom stereocenters. The van der Waals surface area contributed by atoms with E-state index in [-0.39, 0.29) is 11.8 Å². The van der Waals surface area contributed by atoms with Gasteiger partial charge in [-0.25, -0.2) is 0 Å². The summed E-state index contributed by atoms with van der Waals surface area (Å²) < 4.78 is 5.19. The molecular weight excluding hydrogens is 200 g/mol. The number of amides is 1. The topological polar surface area (TPSA) is 55.6 Å². The quantitative estimate of drug-likeness (QED) is 0.683. The fourth-order valence-electron chi connectivity index (χ4n) is 1.57. The molecule has 1 aliphatic rings. The van der Waals surface area contributed by atoms with Crippen molar-refractivity contribution >= 4 is 23.1 Å². The molecule has 1 amide bonds. The molecule has 1 saturated heterocycles. The van der Waals surface area contributed by atoms with E-state index in [2.05, 4.69) is 0 Å². The molecule has 5 heteroatoms. The Morgan fingerprint density at radius 2 is 2.14 bits per heavy atom. The van der Waals surface area contributed by atoms with E-state index < -0.39 is 0 Å². The SMILES string of the molecule is CN(CC(N)=S)C(=O)C1CCOCC1. The molecule has 4 nitrogen and oxygen atoms in total. The van der Waals surface area contributed by atoms with Crippen molar-refractivity contribution in [2.75, 3.05) is 26.8 Å². The van der Waals surface area contributed by atoms with E-state index in [1.165, 1.54) is 0 Å². The van der Waals surface area contributed by atoms with Crippen LogP contribution in [0.3, 0.4) is 0 Å². The molecule has 1 rings (SSSR count). The highest BCUT2D eigenvalue weighted by atomic mass is 32.1. The van der Waals surface area contributed by atoms with Crippen LogP contribution in [0.15, 0.2) is 0 Å². The third kappa shape index (κ3) is 3.23. The van der Waals surface area contributed by atoms with Crippen molar-refractivity contribution in [3.8, 4) is 0 Å². The Morgan fingerprint density at radius 1 is 1.57 bits per heavy atom. The molecule has 1 aliphatic heterocycles. The lowest BCUT2D eigenvalue weighted by atomic mass is 9.99. The summed E-state index contributed by atoms with van der Waals surface area (Å²) in [4.78, 5) is 13.7. The van der Waals surface area contributed by atoms with Crippen LogP contribution in [0.2, 0.25) is 0 Å². The normalized spacial score (nSPS) is 17.8. The zero-order valence-electron chi connectivity index (χ0n) is 8.36. The third-order valence-electron chi connectivity index (χ3n) is 2.34. The molecule has 0 aromatic heterocycles. The predicted molar refractivity (Wildman–Crippen MR) is 58.0 cm³/mol. The first-order valence-corrected chi connectivity index (χ1v) is 5.13. The van der Waals surface area contributed by atoms with Crippen LogP contribution in [0.25, 0.3) is 0 Å². The summed E-state index contributed by atoms with van der Waals surface area (Å²) in [5.74, 6) is 0.212. The number of rotatable bonds is 3. The van der Waals surface area contributed by atoms with Crippen LogP contribution < -0.4 is 5.73 Å². The van der Waals surface area contributed by atoms with Crippen molar-refractivity contribution in [3.05, 3.63) is 0 Å². The summed E-state index contributed by atoms with van der Waals surface area (Å²) in [6, 6.07) is 0. The van der Waals surface area contributed by atoms with Crippen LogP contribution in [0.1, 0.15) is 12.8 Å². The van der Waals surface area contributed by atoms with E-state index in [9.17, 15) is 4.79 Å². The van der Waals surface area contributed by atoms with Gasteiger partial charge >= 0.3 is 0 Å². The van der Waals surface area contributed by atoms with Crippen LogP contribution in [-0.2, 0) is 9.53 Å². The van der Waals surface area contributed by atoms with Gasteiger partial charge in [-0.3, -0.25) is 4.79 Å². The minimum atomic E-state index is 0.0862. The number of carbonyl (C=O) groups is 1. The Bertz CT molecular complexity index is 227. The zero-order valence-corrected chi connectivity index (χ0v) is 9.18. The highest BCUT2D eigenvalue weighted by molar-refractivity contribution is 7.80. The summed E-state index contributed by atoms with van der Waals surface area (Å²) in [6.07, 6.45) is 1.61. The lowest BCUT2D eigenvalue weighted by molar-refractivity contribution is -0.136. The Balaban J connectivity index is 2.42. The number of nitrogens with zero attached hydrogens (tertiary/aromatic N) is 1. The molecule has 1 fully saturated rings. The molecular formula is C9H16N2O2S. The smallest absolute Gasteiger partial charge is 0.225 e. The molecule has 0 radical (unpaired) electrons. The maximum Gasteiger partial charge on any atom is 0.225 e. The number of ether oxygens (including phenoxy) is 1. The van der Waals surface area contributed by atoms with Crippen LogP contribution in [0.5, 0.6) is 0 Å².